The second-order valence-corrected chi connectivity index (χ2v) is 8.63. The molecule has 7 heteroatoms. The van der Waals surface area contributed by atoms with E-state index in [0.717, 1.165) is 11.1 Å². The molecule has 1 aromatic carbocycles. The predicted molar refractivity (Wildman–Crippen MR) is 116 cm³/mol. The number of fused-ring (bicyclic) bond motifs is 1. The van der Waals surface area contributed by atoms with Crippen molar-refractivity contribution in [2.45, 2.75) is 19.8 Å². The maximum Gasteiger partial charge on any atom is 0.189 e. The van der Waals surface area contributed by atoms with Gasteiger partial charge in [0.15, 0.2) is 16.9 Å². The summed E-state index contributed by atoms with van der Waals surface area (Å²) in [6, 6.07) is 11.8. The number of nitrogens with one attached hydrogen (secondary N) is 1. The molecule has 0 aromatic heterocycles. The Hall–Kier alpha value is -3.34. The number of hydrogen-bond acceptors (Lipinski definition) is 7. The first kappa shape index (κ1) is 22.3. The molecule has 7 nitrogen and oxygen atoms in total. The number of rotatable bonds is 5. The summed E-state index contributed by atoms with van der Waals surface area (Å²) in [7, 11) is 3.52. The van der Waals surface area contributed by atoms with E-state index in [4.69, 9.17) is 14.9 Å². The molecule has 0 amide bonds. The van der Waals surface area contributed by atoms with Gasteiger partial charge < -0.3 is 19.8 Å². The van der Waals surface area contributed by atoms with Crippen LogP contribution >= 0.6 is 0 Å². The van der Waals surface area contributed by atoms with Gasteiger partial charge in [-0.15, -0.1) is 0 Å². The molecule has 1 N–H and O–H groups in total. The lowest BCUT2D eigenvalue weighted by molar-refractivity contribution is 0.233. The molecule has 1 fully saturated rings. The molecule has 3 atom stereocenters. The van der Waals surface area contributed by atoms with Crippen LogP contribution in [0.15, 0.2) is 29.8 Å². The molecule has 1 aliphatic heterocycles. The highest BCUT2D eigenvalue weighted by molar-refractivity contribution is 6.00. The molecule has 1 aromatic rings. The third-order valence-electron chi connectivity index (χ3n) is 6.09. The summed E-state index contributed by atoms with van der Waals surface area (Å²) in [6.45, 7) is 5.92. The van der Waals surface area contributed by atoms with E-state index in [1.807, 2.05) is 19.2 Å². The molecule has 0 spiro atoms. The molecule has 1 aliphatic carbocycles. The van der Waals surface area contributed by atoms with Gasteiger partial charge in [0.1, 0.15) is 5.92 Å². The minimum atomic E-state index is -1.73. The van der Waals surface area contributed by atoms with Crippen LogP contribution < -0.4 is 9.47 Å². The number of methoxy groups -OCH3 is 1. The van der Waals surface area contributed by atoms with Crippen LogP contribution in [0.5, 0.6) is 11.5 Å². The molecular weight excluding hydrogens is 390 g/mol. The molecule has 2 aliphatic rings. The zero-order chi connectivity index (χ0) is 22.8. The third kappa shape index (κ3) is 3.76. The van der Waals surface area contributed by atoms with E-state index in [9.17, 15) is 15.8 Å². The van der Waals surface area contributed by atoms with E-state index in [0.29, 0.717) is 37.1 Å². The van der Waals surface area contributed by atoms with Gasteiger partial charge in [-0.25, -0.2) is 0 Å². The van der Waals surface area contributed by atoms with Crippen molar-refractivity contribution in [2.75, 3.05) is 33.9 Å². The van der Waals surface area contributed by atoms with Crippen LogP contribution in [0.3, 0.4) is 0 Å². The zero-order valence-electron chi connectivity index (χ0n) is 18.3. The summed E-state index contributed by atoms with van der Waals surface area (Å²) in [5.74, 6) is -0.222. The molecular formula is C24H27N5O2. The third-order valence-corrected chi connectivity index (χ3v) is 6.09. The number of likely N-dealkylation sites (N-methyl/N-ethyl adjacent to an activating group) is 1. The van der Waals surface area contributed by atoms with Crippen LogP contribution in [0.25, 0.3) is 0 Å². The topological polar surface area (TPSA) is 117 Å². The smallest absolute Gasteiger partial charge is 0.189 e. The maximum atomic E-state index is 10.1. The number of hydrogen-bond donors (Lipinski definition) is 1. The van der Waals surface area contributed by atoms with Gasteiger partial charge in [-0.2, -0.15) is 15.8 Å². The summed E-state index contributed by atoms with van der Waals surface area (Å²) in [5.41, 5.74) is -0.317. The van der Waals surface area contributed by atoms with Crippen molar-refractivity contribution in [3.05, 3.63) is 35.4 Å². The first-order valence-corrected chi connectivity index (χ1v) is 10.3. The highest BCUT2D eigenvalue weighted by Gasteiger charge is 2.57. The van der Waals surface area contributed by atoms with Gasteiger partial charge in [0.2, 0.25) is 0 Å². The summed E-state index contributed by atoms with van der Waals surface area (Å²) in [4.78, 5) is 2.10. The van der Waals surface area contributed by atoms with Crippen molar-refractivity contribution in [1.82, 2.24) is 4.90 Å². The molecule has 3 rings (SSSR count). The zero-order valence-corrected chi connectivity index (χ0v) is 18.3. The average molecular weight is 418 g/mol. The Morgan fingerprint density at radius 1 is 1.23 bits per heavy atom. The van der Waals surface area contributed by atoms with Crippen LogP contribution in [-0.4, -0.2) is 44.5 Å². The van der Waals surface area contributed by atoms with E-state index >= 15 is 0 Å². The molecule has 1 saturated carbocycles. The van der Waals surface area contributed by atoms with Gasteiger partial charge >= 0.3 is 0 Å². The number of benzene rings is 1. The van der Waals surface area contributed by atoms with Crippen LogP contribution in [0.1, 0.15) is 25.3 Å². The second kappa shape index (κ2) is 8.80. The van der Waals surface area contributed by atoms with Gasteiger partial charge in [0.25, 0.3) is 0 Å². The van der Waals surface area contributed by atoms with Crippen LogP contribution in [-0.2, 0) is 0 Å². The Balaban J connectivity index is 2.16. The Morgan fingerprint density at radius 3 is 2.52 bits per heavy atom. The normalized spacial score (nSPS) is 24.9. The lowest BCUT2D eigenvalue weighted by Gasteiger charge is -2.47. The second-order valence-electron chi connectivity index (χ2n) is 8.63. The van der Waals surface area contributed by atoms with Crippen LogP contribution in [0.2, 0.25) is 0 Å². The van der Waals surface area contributed by atoms with Gasteiger partial charge in [0.05, 0.1) is 37.6 Å². The predicted octanol–water partition coefficient (Wildman–Crippen LogP) is 3.51. The van der Waals surface area contributed by atoms with Gasteiger partial charge in [-0.1, -0.05) is 26.0 Å². The lowest BCUT2D eigenvalue weighted by Crippen LogP contribution is -2.52. The summed E-state index contributed by atoms with van der Waals surface area (Å²) in [5, 5.41) is 38.7. The first-order valence-electron chi connectivity index (χ1n) is 10.3. The van der Waals surface area contributed by atoms with Gasteiger partial charge in [0, 0.05) is 24.9 Å². The Labute approximate surface area is 183 Å². The van der Waals surface area contributed by atoms with E-state index in [2.05, 4.69) is 37.0 Å². The van der Waals surface area contributed by atoms with Crippen molar-refractivity contribution in [1.29, 1.82) is 21.2 Å². The fraction of sp³-hybridized carbons (Fsp3) is 0.500. The SMILES string of the molecule is COc1cc([C@@H]2[C@H]3CN(C)CC=C3[C@@H](C#N)C(=N)C2(C#N)C#N)ccc1OCC(C)C. The van der Waals surface area contributed by atoms with Crippen molar-refractivity contribution in [3.8, 4) is 29.7 Å². The number of nitriles is 3. The summed E-state index contributed by atoms with van der Waals surface area (Å²) in [6.07, 6.45) is 1.97. The Morgan fingerprint density at radius 2 is 1.94 bits per heavy atom. The summed E-state index contributed by atoms with van der Waals surface area (Å²) >= 11 is 0. The standard InChI is InChI=1S/C24H27N5O2/c1-15(2)12-31-20-6-5-16(9-21(20)30-4)22-19-11-29(3)8-7-17(19)18(10-25)23(28)24(22,13-26)14-27/h5-7,9,15,18-19,22,28H,8,11-12H2,1-4H3/t18-,19+,22-/m1/s1. The molecule has 0 bridgehead atoms. The fourth-order valence-corrected chi connectivity index (χ4v) is 4.58. The van der Waals surface area contributed by atoms with E-state index in [1.165, 1.54) is 0 Å². The molecule has 160 valence electrons. The maximum absolute atomic E-state index is 10.1. The molecule has 0 saturated heterocycles. The Bertz CT molecular complexity index is 1010. The first-order chi connectivity index (χ1) is 14.8. The van der Waals surface area contributed by atoms with Crippen LogP contribution in [0.4, 0.5) is 0 Å². The largest absolute Gasteiger partial charge is 0.493 e. The fourth-order valence-electron chi connectivity index (χ4n) is 4.58. The van der Waals surface area contributed by atoms with E-state index in [-0.39, 0.29) is 11.6 Å². The van der Waals surface area contributed by atoms with Crippen molar-refractivity contribution in [2.24, 2.45) is 23.2 Å². The number of ether oxygens (including phenoxy) is 2. The Kier molecular flexibility index (Phi) is 6.34. The van der Waals surface area contributed by atoms with Crippen molar-refractivity contribution in [3.63, 3.8) is 0 Å². The monoisotopic (exact) mass is 417 g/mol. The minimum absolute atomic E-state index is 0.142. The van der Waals surface area contributed by atoms with Crippen molar-refractivity contribution >= 4 is 5.71 Å². The molecule has 0 unspecified atom stereocenters. The highest BCUT2D eigenvalue weighted by atomic mass is 16.5. The van der Waals surface area contributed by atoms with Crippen molar-refractivity contribution < 1.29 is 9.47 Å². The quantitative estimate of drug-likeness (QED) is 0.733. The summed E-state index contributed by atoms with van der Waals surface area (Å²) < 4.78 is 11.4. The van der Waals surface area contributed by atoms with Crippen LogP contribution in [0, 0.1) is 62.6 Å². The highest BCUT2D eigenvalue weighted by Crippen LogP contribution is 2.54. The van der Waals surface area contributed by atoms with E-state index in [1.54, 1.807) is 19.2 Å². The van der Waals surface area contributed by atoms with Gasteiger partial charge in [-0.3, -0.25) is 0 Å². The minimum Gasteiger partial charge on any atom is -0.493 e. The van der Waals surface area contributed by atoms with E-state index < -0.39 is 17.3 Å². The lowest BCUT2D eigenvalue weighted by atomic mass is 9.54. The molecule has 1 heterocycles. The average Bonchev–Trinajstić information content (AvgIpc) is 2.77. The number of nitrogens with zero attached hydrogens (tertiary/aromatic N) is 4. The van der Waals surface area contributed by atoms with Gasteiger partial charge in [-0.05, 0) is 36.2 Å². The molecule has 31 heavy (non-hydrogen) atoms. The molecule has 0 radical (unpaired) electrons.